The summed E-state index contributed by atoms with van der Waals surface area (Å²) in [6.45, 7) is 11.3. The standard InChI is InChI=1S/C32H47FN4O2/c1-7-27-25-11-12-32(28(25)36(6)34-27)13-15-37(16-14-32)20-22-18-24(35(5)29(30(38)39)31(2,3)4)19-26(22)21-9-8-10-23(33)17-21/h8-10,17,22,24,26,29H,7,11-16,18-20H2,1-6H3,(H,38,39)/t22-,24+,26-,29+/m1/s1. The number of hydrogen-bond donors (Lipinski definition) is 1. The Hall–Kier alpha value is -2.25. The molecule has 1 saturated carbocycles. The number of likely N-dealkylation sites (tertiary alicyclic amines) is 1. The Kier molecular flexibility index (Phi) is 7.70. The number of carboxylic acid groups (broad SMARTS) is 1. The molecule has 0 unspecified atom stereocenters. The summed E-state index contributed by atoms with van der Waals surface area (Å²) >= 11 is 0. The van der Waals surface area contributed by atoms with Gasteiger partial charge in [0.15, 0.2) is 0 Å². The predicted molar refractivity (Wildman–Crippen MR) is 153 cm³/mol. The van der Waals surface area contributed by atoms with Crippen molar-refractivity contribution >= 4 is 5.97 Å². The summed E-state index contributed by atoms with van der Waals surface area (Å²) in [5, 5.41) is 14.9. The minimum absolute atomic E-state index is 0.152. The number of aryl methyl sites for hydroxylation is 2. The predicted octanol–water partition coefficient (Wildman–Crippen LogP) is 5.39. The van der Waals surface area contributed by atoms with E-state index in [9.17, 15) is 14.3 Å². The zero-order chi connectivity index (χ0) is 28.1. The Morgan fingerprint density at radius 2 is 1.95 bits per heavy atom. The van der Waals surface area contributed by atoms with Crippen LogP contribution < -0.4 is 0 Å². The van der Waals surface area contributed by atoms with Gasteiger partial charge in [-0.15, -0.1) is 0 Å². The van der Waals surface area contributed by atoms with Crippen LogP contribution in [0, 0.1) is 17.2 Å². The number of aliphatic carboxylic acids is 1. The molecular weight excluding hydrogens is 491 g/mol. The fourth-order valence-corrected chi connectivity index (χ4v) is 8.44. The molecule has 1 aromatic carbocycles. The SMILES string of the molecule is CCc1nn(C)c2c1CCC21CCN(C[C@H]2C[C@H](N(C)[C@@H](C(=O)O)C(C)(C)C)C[C@@H]2c2cccc(F)c2)CC1. The van der Waals surface area contributed by atoms with Gasteiger partial charge in [0, 0.05) is 30.7 Å². The number of carbonyl (C=O) groups is 1. The van der Waals surface area contributed by atoms with E-state index in [-0.39, 0.29) is 28.6 Å². The molecule has 39 heavy (non-hydrogen) atoms. The number of piperidine rings is 1. The van der Waals surface area contributed by atoms with E-state index >= 15 is 0 Å². The van der Waals surface area contributed by atoms with Crippen LogP contribution in [-0.4, -0.2) is 69.4 Å². The third-order valence-electron chi connectivity index (χ3n) is 10.2. The maximum atomic E-state index is 14.3. The Morgan fingerprint density at radius 1 is 1.23 bits per heavy atom. The molecule has 1 spiro atoms. The second kappa shape index (κ2) is 10.6. The van der Waals surface area contributed by atoms with Crippen LogP contribution >= 0.6 is 0 Å². The second-order valence-electron chi connectivity index (χ2n) is 13.7. The summed E-state index contributed by atoms with van der Waals surface area (Å²) in [6, 6.07) is 6.67. The molecule has 1 aliphatic heterocycles. The van der Waals surface area contributed by atoms with E-state index in [1.54, 1.807) is 6.07 Å². The van der Waals surface area contributed by atoms with Crippen molar-refractivity contribution in [1.82, 2.24) is 19.6 Å². The lowest BCUT2D eigenvalue weighted by atomic mass is 9.75. The van der Waals surface area contributed by atoms with E-state index in [1.165, 1.54) is 29.4 Å². The molecule has 1 aromatic heterocycles. The third-order valence-corrected chi connectivity index (χ3v) is 10.2. The van der Waals surface area contributed by atoms with Crippen molar-refractivity contribution in [3.05, 3.63) is 52.6 Å². The van der Waals surface area contributed by atoms with Gasteiger partial charge in [-0.2, -0.15) is 5.10 Å². The molecule has 6 nitrogen and oxygen atoms in total. The van der Waals surface area contributed by atoms with Crippen LogP contribution in [0.3, 0.4) is 0 Å². The number of rotatable bonds is 7. The lowest BCUT2D eigenvalue weighted by molar-refractivity contribution is -0.148. The van der Waals surface area contributed by atoms with Crippen molar-refractivity contribution in [2.45, 2.75) is 96.1 Å². The minimum Gasteiger partial charge on any atom is -0.480 e. The van der Waals surface area contributed by atoms with E-state index in [4.69, 9.17) is 5.10 Å². The quantitative estimate of drug-likeness (QED) is 0.512. The largest absolute Gasteiger partial charge is 0.480 e. The summed E-state index contributed by atoms with van der Waals surface area (Å²) in [4.78, 5) is 17.0. The average Bonchev–Trinajstić information content (AvgIpc) is 3.54. The average molecular weight is 539 g/mol. The molecule has 0 bridgehead atoms. The van der Waals surface area contributed by atoms with Crippen molar-refractivity contribution in [1.29, 1.82) is 0 Å². The first-order chi connectivity index (χ1) is 18.4. The zero-order valence-electron chi connectivity index (χ0n) is 24.7. The molecule has 214 valence electrons. The monoisotopic (exact) mass is 538 g/mol. The molecule has 2 fully saturated rings. The highest BCUT2D eigenvalue weighted by Gasteiger charge is 2.47. The second-order valence-corrected chi connectivity index (χ2v) is 13.7. The molecule has 2 aliphatic carbocycles. The van der Waals surface area contributed by atoms with Crippen molar-refractivity contribution < 1.29 is 14.3 Å². The van der Waals surface area contributed by atoms with Crippen LogP contribution in [0.5, 0.6) is 0 Å². The van der Waals surface area contributed by atoms with Gasteiger partial charge in [-0.1, -0.05) is 39.8 Å². The summed E-state index contributed by atoms with van der Waals surface area (Å²) in [5.41, 5.74) is 5.20. The Bertz CT molecular complexity index is 1190. The third kappa shape index (κ3) is 5.29. The van der Waals surface area contributed by atoms with Crippen LogP contribution in [0.2, 0.25) is 0 Å². The molecule has 0 radical (unpaired) electrons. The molecule has 2 aromatic rings. The molecule has 1 N–H and O–H groups in total. The minimum atomic E-state index is -0.769. The van der Waals surface area contributed by atoms with Crippen LogP contribution in [0.4, 0.5) is 4.39 Å². The van der Waals surface area contributed by atoms with Gasteiger partial charge < -0.3 is 10.0 Å². The number of fused-ring (bicyclic) bond motifs is 2. The number of aromatic nitrogens is 2. The molecule has 0 amide bonds. The van der Waals surface area contributed by atoms with Gasteiger partial charge in [0.05, 0.1) is 5.69 Å². The molecule has 1 saturated heterocycles. The van der Waals surface area contributed by atoms with E-state index in [2.05, 4.69) is 34.5 Å². The molecule has 7 heteroatoms. The summed E-state index contributed by atoms with van der Waals surface area (Å²) < 4.78 is 16.5. The van der Waals surface area contributed by atoms with Gasteiger partial charge in [0.2, 0.25) is 0 Å². The lowest BCUT2D eigenvalue weighted by Gasteiger charge is -2.41. The first kappa shape index (κ1) is 28.3. The van der Waals surface area contributed by atoms with Gasteiger partial charge in [-0.25, -0.2) is 4.39 Å². The van der Waals surface area contributed by atoms with Gasteiger partial charge >= 0.3 is 5.97 Å². The first-order valence-electron chi connectivity index (χ1n) is 14.9. The van der Waals surface area contributed by atoms with Crippen molar-refractivity contribution in [2.24, 2.45) is 18.4 Å². The summed E-state index contributed by atoms with van der Waals surface area (Å²) in [6.07, 6.45) is 7.51. The molecule has 3 aliphatic rings. The van der Waals surface area contributed by atoms with E-state index in [0.717, 1.165) is 63.7 Å². The smallest absolute Gasteiger partial charge is 0.321 e. The number of carboxylic acids is 1. The molecule has 2 heterocycles. The number of halogens is 1. The highest BCUT2D eigenvalue weighted by molar-refractivity contribution is 5.74. The van der Waals surface area contributed by atoms with Crippen LogP contribution in [0.25, 0.3) is 0 Å². The lowest BCUT2D eigenvalue weighted by Crippen LogP contribution is -2.51. The van der Waals surface area contributed by atoms with E-state index < -0.39 is 12.0 Å². The van der Waals surface area contributed by atoms with Gasteiger partial charge in [0.1, 0.15) is 11.9 Å². The van der Waals surface area contributed by atoms with E-state index in [0.29, 0.717) is 5.92 Å². The first-order valence-corrected chi connectivity index (χ1v) is 14.9. The Labute approximate surface area is 233 Å². The highest BCUT2D eigenvalue weighted by atomic mass is 19.1. The maximum absolute atomic E-state index is 14.3. The van der Waals surface area contributed by atoms with Gasteiger partial charge in [-0.05, 0) is 106 Å². The van der Waals surface area contributed by atoms with E-state index in [1.807, 2.05) is 33.9 Å². The van der Waals surface area contributed by atoms with Crippen LogP contribution in [-0.2, 0) is 30.1 Å². The number of benzene rings is 1. The molecule has 5 rings (SSSR count). The Morgan fingerprint density at radius 3 is 2.56 bits per heavy atom. The van der Waals surface area contributed by atoms with Crippen molar-refractivity contribution in [3.63, 3.8) is 0 Å². The maximum Gasteiger partial charge on any atom is 0.321 e. The highest BCUT2D eigenvalue weighted by Crippen LogP contribution is 2.48. The zero-order valence-corrected chi connectivity index (χ0v) is 24.7. The van der Waals surface area contributed by atoms with Crippen LogP contribution in [0.15, 0.2) is 24.3 Å². The topological polar surface area (TPSA) is 61.6 Å². The molecular formula is C32H47FN4O2. The summed E-state index contributed by atoms with van der Waals surface area (Å²) in [5.74, 6) is -0.374. The normalized spacial score (nSPS) is 25.9. The fourth-order valence-electron chi connectivity index (χ4n) is 8.44. The number of hydrogen-bond acceptors (Lipinski definition) is 4. The summed E-state index contributed by atoms with van der Waals surface area (Å²) in [7, 11) is 4.10. The Balaban J connectivity index is 1.33. The van der Waals surface area contributed by atoms with Gasteiger partial charge in [0.25, 0.3) is 0 Å². The number of nitrogens with zero attached hydrogens (tertiary/aromatic N) is 4. The van der Waals surface area contributed by atoms with Crippen molar-refractivity contribution in [3.8, 4) is 0 Å². The van der Waals surface area contributed by atoms with Gasteiger partial charge in [-0.3, -0.25) is 14.4 Å². The van der Waals surface area contributed by atoms with Crippen LogP contribution in [0.1, 0.15) is 88.2 Å². The fraction of sp³-hybridized carbons (Fsp3) is 0.688. The molecule has 4 atom stereocenters. The number of likely N-dealkylation sites (N-methyl/N-ethyl adjacent to an activating group) is 1. The van der Waals surface area contributed by atoms with Crippen molar-refractivity contribution in [2.75, 3.05) is 26.7 Å².